The lowest BCUT2D eigenvalue weighted by molar-refractivity contribution is 0.103. The molecule has 0 bridgehead atoms. The number of benzene rings is 2. The number of ketones is 1. The van der Waals surface area contributed by atoms with E-state index in [9.17, 15) is 9.18 Å². The van der Waals surface area contributed by atoms with E-state index in [0.29, 0.717) is 42.1 Å². The van der Waals surface area contributed by atoms with Crippen molar-refractivity contribution in [2.45, 2.75) is 17.7 Å². The van der Waals surface area contributed by atoms with Crippen molar-refractivity contribution in [1.29, 1.82) is 5.26 Å². The van der Waals surface area contributed by atoms with E-state index >= 15 is 0 Å². The Morgan fingerprint density at radius 1 is 1.28 bits per heavy atom. The van der Waals surface area contributed by atoms with Crippen LogP contribution in [0.15, 0.2) is 52.9 Å². The number of hydrogen-bond donors (Lipinski definition) is 0. The van der Waals surface area contributed by atoms with Crippen molar-refractivity contribution in [2.75, 3.05) is 12.4 Å². The molecule has 0 spiro atoms. The third-order valence-corrected chi connectivity index (χ3v) is 4.88. The van der Waals surface area contributed by atoms with Gasteiger partial charge in [-0.05, 0) is 48.4 Å². The summed E-state index contributed by atoms with van der Waals surface area (Å²) >= 11 is 1.53. The standard InChI is InChI=1S/C20H16FNO2S/c21-16-6-7-19-18(12-16)20(23)15(13-25-19)10-14-4-3-5-17(11-14)24-9-2-1-8-22/h3-7,10-12H,1-2,9,13H2/b15-10-. The van der Waals surface area contributed by atoms with Crippen LogP contribution in [0.3, 0.4) is 0 Å². The smallest absolute Gasteiger partial charge is 0.191 e. The van der Waals surface area contributed by atoms with Crippen LogP contribution in [0.5, 0.6) is 5.75 Å². The van der Waals surface area contributed by atoms with E-state index in [4.69, 9.17) is 10.00 Å². The van der Waals surface area contributed by atoms with Gasteiger partial charge in [0.15, 0.2) is 5.78 Å². The molecular formula is C20H16FNO2S. The van der Waals surface area contributed by atoms with Crippen molar-refractivity contribution in [2.24, 2.45) is 0 Å². The minimum Gasteiger partial charge on any atom is -0.494 e. The topological polar surface area (TPSA) is 50.1 Å². The Morgan fingerprint density at radius 2 is 2.16 bits per heavy atom. The van der Waals surface area contributed by atoms with Gasteiger partial charge in [-0.15, -0.1) is 11.8 Å². The van der Waals surface area contributed by atoms with Gasteiger partial charge in [0.05, 0.1) is 12.7 Å². The van der Waals surface area contributed by atoms with Crippen molar-refractivity contribution in [1.82, 2.24) is 0 Å². The molecule has 0 amide bonds. The maximum Gasteiger partial charge on any atom is 0.191 e. The van der Waals surface area contributed by atoms with Crippen LogP contribution in [-0.4, -0.2) is 18.1 Å². The molecule has 25 heavy (non-hydrogen) atoms. The summed E-state index contributed by atoms with van der Waals surface area (Å²) in [4.78, 5) is 13.4. The van der Waals surface area contributed by atoms with Crippen LogP contribution < -0.4 is 4.74 Å². The Balaban J connectivity index is 1.77. The molecule has 0 aromatic heterocycles. The summed E-state index contributed by atoms with van der Waals surface area (Å²) < 4.78 is 19.0. The SMILES string of the molecule is N#CCCCOc1cccc(/C=C2/CSc3ccc(F)cc3C2=O)c1. The average Bonchev–Trinajstić information content (AvgIpc) is 2.62. The lowest BCUT2D eigenvalue weighted by Gasteiger charge is -2.17. The molecule has 1 heterocycles. The van der Waals surface area contributed by atoms with Crippen molar-refractivity contribution in [3.63, 3.8) is 0 Å². The fourth-order valence-corrected chi connectivity index (χ4v) is 3.54. The molecule has 1 aliphatic rings. The molecule has 2 aromatic carbocycles. The van der Waals surface area contributed by atoms with Crippen LogP contribution in [0.2, 0.25) is 0 Å². The van der Waals surface area contributed by atoms with Gasteiger partial charge in [0.25, 0.3) is 0 Å². The summed E-state index contributed by atoms with van der Waals surface area (Å²) in [7, 11) is 0. The number of thioether (sulfide) groups is 1. The summed E-state index contributed by atoms with van der Waals surface area (Å²) in [6.07, 6.45) is 2.97. The molecule has 0 aliphatic carbocycles. The average molecular weight is 353 g/mol. The van der Waals surface area contributed by atoms with Crippen LogP contribution in [0.25, 0.3) is 6.08 Å². The molecule has 5 heteroatoms. The van der Waals surface area contributed by atoms with Crippen LogP contribution in [0, 0.1) is 17.1 Å². The summed E-state index contributed by atoms with van der Waals surface area (Å²) in [6, 6.07) is 13.9. The lowest BCUT2D eigenvalue weighted by Crippen LogP contribution is -2.12. The number of nitrogens with zero attached hydrogens (tertiary/aromatic N) is 1. The van der Waals surface area contributed by atoms with Gasteiger partial charge in [0, 0.05) is 28.2 Å². The minimum absolute atomic E-state index is 0.131. The largest absolute Gasteiger partial charge is 0.494 e. The van der Waals surface area contributed by atoms with Crippen molar-refractivity contribution < 1.29 is 13.9 Å². The van der Waals surface area contributed by atoms with Crippen LogP contribution in [-0.2, 0) is 0 Å². The van der Waals surface area contributed by atoms with E-state index in [0.717, 1.165) is 10.5 Å². The number of ether oxygens (including phenoxy) is 1. The molecule has 3 nitrogen and oxygen atoms in total. The zero-order valence-corrected chi connectivity index (χ0v) is 14.3. The van der Waals surface area contributed by atoms with E-state index in [1.807, 2.05) is 30.3 Å². The Hall–Kier alpha value is -2.58. The number of fused-ring (bicyclic) bond motifs is 1. The fourth-order valence-electron chi connectivity index (χ4n) is 2.54. The quantitative estimate of drug-likeness (QED) is 0.568. The number of Topliss-reactive ketones (excluding diaryl/α,β-unsaturated/α-hetero) is 1. The normalized spacial score (nSPS) is 14.9. The number of nitriles is 1. The number of carbonyl (C=O) groups excluding carboxylic acids is 1. The third-order valence-electron chi connectivity index (χ3n) is 3.76. The number of carbonyl (C=O) groups is 1. The van der Waals surface area contributed by atoms with Crippen LogP contribution in [0.4, 0.5) is 4.39 Å². The molecular weight excluding hydrogens is 337 g/mol. The van der Waals surface area contributed by atoms with Gasteiger partial charge in [-0.2, -0.15) is 5.26 Å². The maximum absolute atomic E-state index is 13.4. The summed E-state index contributed by atoms with van der Waals surface area (Å²) in [5.41, 5.74) is 1.93. The van der Waals surface area contributed by atoms with E-state index in [-0.39, 0.29) is 5.78 Å². The molecule has 0 saturated carbocycles. The van der Waals surface area contributed by atoms with Gasteiger partial charge in [-0.1, -0.05) is 12.1 Å². The van der Waals surface area contributed by atoms with Gasteiger partial charge >= 0.3 is 0 Å². The molecule has 0 N–H and O–H groups in total. The first-order chi connectivity index (χ1) is 12.2. The monoisotopic (exact) mass is 353 g/mol. The molecule has 0 unspecified atom stereocenters. The number of halogens is 1. The Kier molecular flexibility index (Phi) is 5.52. The van der Waals surface area contributed by atoms with Gasteiger partial charge < -0.3 is 4.74 Å². The molecule has 0 radical (unpaired) electrons. The van der Waals surface area contributed by atoms with E-state index < -0.39 is 5.82 Å². The fraction of sp³-hybridized carbons (Fsp3) is 0.200. The van der Waals surface area contributed by atoms with Crippen molar-refractivity contribution in [3.05, 3.63) is 65.0 Å². The van der Waals surface area contributed by atoms with Gasteiger partial charge in [0.1, 0.15) is 11.6 Å². The highest BCUT2D eigenvalue weighted by molar-refractivity contribution is 7.99. The highest BCUT2D eigenvalue weighted by atomic mass is 32.2. The second-order valence-electron chi connectivity index (χ2n) is 5.61. The van der Waals surface area contributed by atoms with E-state index in [1.165, 1.54) is 23.9 Å². The number of unbranched alkanes of at least 4 members (excludes halogenated alkanes) is 1. The molecule has 0 fully saturated rings. The number of rotatable bonds is 5. The predicted octanol–water partition coefficient (Wildman–Crippen LogP) is 4.88. The van der Waals surface area contributed by atoms with Crippen LogP contribution in [0.1, 0.15) is 28.8 Å². The highest BCUT2D eigenvalue weighted by Crippen LogP contribution is 2.34. The van der Waals surface area contributed by atoms with Gasteiger partial charge in [-0.3, -0.25) is 4.79 Å². The molecule has 2 aromatic rings. The maximum atomic E-state index is 13.4. The zero-order chi connectivity index (χ0) is 17.6. The van der Waals surface area contributed by atoms with Crippen molar-refractivity contribution in [3.8, 4) is 11.8 Å². The van der Waals surface area contributed by atoms with E-state index in [2.05, 4.69) is 6.07 Å². The molecule has 0 atom stereocenters. The van der Waals surface area contributed by atoms with Gasteiger partial charge in [-0.25, -0.2) is 4.39 Å². The summed E-state index contributed by atoms with van der Waals surface area (Å²) in [5, 5.41) is 8.53. The summed E-state index contributed by atoms with van der Waals surface area (Å²) in [5.74, 6) is 0.731. The molecule has 0 saturated heterocycles. The lowest BCUT2D eigenvalue weighted by atomic mass is 10.0. The first-order valence-electron chi connectivity index (χ1n) is 7.95. The Morgan fingerprint density at radius 3 is 3.00 bits per heavy atom. The molecule has 3 rings (SSSR count). The summed E-state index contributed by atoms with van der Waals surface area (Å²) in [6.45, 7) is 0.481. The first kappa shape index (κ1) is 17.2. The van der Waals surface area contributed by atoms with Gasteiger partial charge in [0.2, 0.25) is 0 Å². The third kappa shape index (κ3) is 4.28. The predicted molar refractivity (Wildman–Crippen MR) is 96.2 cm³/mol. The Bertz CT molecular complexity index is 870. The Labute approximate surface area is 150 Å². The highest BCUT2D eigenvalue weighted by Gasteiger charge is 2.22. The molecule has 126 valence electrons. The molecule has 1 aliphatic heterocycles. The second kappa shape index (κ2) is 8.00. The van der Waals surface area contributed by atoms with Crippen molar-refractivity contribution >= 4 is 23.6 Å². The minimum atomic E-state index is -0.401. The van der Waals surface area contributed by atoms with E-state index in [1.54, 1.807) is 6.07 Å². The zero-order valence-electron chi connectivity index (χ0n) is 13.5. The van der Waals surface area contributed by atoms with Crippen LogP contribution >= 0.6 is 11.8 Å². The first-order valence-corrected chi connectivity index (χ1v) is 8.93. The second-order valence-corrected chi connectivity index (χ2v) is 6.63. The number of hydrogen-bond acceptors (Lipinski definition) is 4.